The molecule has 1 aromatic carbocycles. The molecule has 6 nitrogen and oxygen atoms in total. The van der Waals surface area contributed by atoms with Crippen molar-refractivity contribution in [1.82, 2.24) is 10.1 Å². The van der Waals surface area contributed by atoms with Crippen molar-refractivity contribution in [3.8, 4) is 0 Å². The van der Waals surface area contributed by atoms with E-state index >= 15 is 0 Å². The van der Waals surface area contributed by atoms with Crippen LogP contribution in [0.5, 0.6) is 0 Å². The summed E-state index contributed by atoms with van der Waals surface area (Å²) < 4.78 is 10.7. The zero-order chi connectivity index (χ0) is 18.3. The average Bonchev–Trinajstić information content (AvgIpc) is 3.36. The molecular weight excluding hydrogens is 342 g/mol. The Balaban J connectivity index is 1.26. The lowest BCUT2D eigenvalue weighted by molar-refractivity contribution is 0.0624. The normalized spacial score (nSPS) is 21.5. The van der Waals surface area contributed by atoms with E-state index < -0.39 is 0 Å². The van der Waals surface area contributed by atoms with Gasteiger partial charge in [0.05, 0.1) is 13.2 Å². The molecule has 0 atom stereocenters. The number of amides is 1. The zero-order valence-corrected chi connectivity index (χ0v) is 15.5. The van der Waals surface area contributed by atoms with Crippen LogP contribution in [0.25, 0.3) is 0 Å². The standard InChI is InChI=1S/C21H25N3O3/c25-20(18-15-19(22-27-18)23-11-13-26-14-12-23)24-9-7-21(8-10-24)6-5-16-3-1-2-4-17(16)21/h1-4,15H,5-14H2. The number of fused-ring (bicyclic) bond motifs is 2. The van der Waals surface area contributed by atoms with E-state index in [1.54, 1.807) is 6.07 Å². The van der Waals surface area contributed by atoms with E-state index in [0.717, 1.165) is 51.3 Å². The highest BCUT2D eigenvalue weighted by atomic mass is 16.5. The van der Waals surface area contributed by atoms with Crippen molar-refractivity contribution >= 4 is 11.7 Å². The molecule has 3 heterocycles. The van der Waals surface area contributed by atoms with Crippen LogP contribution in [0, 0.1) is 0 Å². The first kappa shape index (κ1) is 16.8. The number of ether oxygens (including phenoxy) is 1. The smallest absolute Gasteiger partial charge is 0.292 e. The number of rotatable bonds is 2. The number of benzene rings is 1. The fraction of sp³-hybridized carbons (Fsp3) is 0.524. The van der Waals surface area contributed by atoms with Gasteiger partial charge in [-0.1, -0.05) is 29.4 Å². The van der Waals surface area contributed by atoms with Gasteiger partial charge in [0.1, 0.15) is 0 Å². The van der Waals surface area contributed by atoms with Crippen LogP contribution in [-0.2, 0) is 16.6 Å². The summed E-state index contributed by atoms with van der Waals surface area (Å²) >= 11 is 0. The van der Waals surface area contributed by atoms with Crippen LogP contribution in [0.2, 0.25) is 0 Å². The van der Waals surface area contributed by atoms with Gasteiger partial charge in [-0.2, -0.15) is 0 Å². The molecule has 0 unspecified atom stereocenters. The van der Waals surface area contributed by atoms with Gasteiger partial charge in [-0.3, -0.25) is 4.79 Å². The Kier molecular flexibility index (Phi) is 4.16. The summed E-state index contributed by atoms with van der Waals surface area (Å²) in [4.78, 5) is 16.9. The minimum atomic E-state index is -0.0388. The number of carbonyl (C=O) groups is 1. The minimum Gasteiger partial charge on any atom is -0.378 e. The van der Waals surface area contributed by atoms with Crippen LogP contribution in [0.4, 0.5) is 5.82 Å². The van der Waals surface area contributed by atoms with Crippen molar-refractivity contribution in [1.29, 1.82) is 0 Å². The average molecular weight is 367 g/mol. The van der Waals surface area contributed by atoms with Crippen molar-refractivity contribution < 1.29 is 14.1 Å². The molecule has 2 saturated heterocycles. The number of piperidine rings is 1. The molecule has 0 N–H and O–H groups in total. The van der Waals surface area contributed by atoms with E-state index in [2.05, 4.69) is 34.3 Å². The Morgan fingerprint density at radius 2 is 1.81 bits per heavy atom. The molecule has 5 rings (SSSR count). The molecule has 1 amide bonds. The fourth-order valence-electron chi connectivity index (χ4n) is 4.89. The molecule has 2 fully saturated rings. The van der Waals surface area contributed by atoms with E-state index in [0.29, 0.717) is 19.0 Å². The fourth-order valence-corrected chi connectivity index (χ4v) is 4.89. The summed E-state index contributed by atoms with van der Waals surface area (Å²) in [6, 6.07) is 10.6. The summed E-state index contributed by atoms with van der Waals surface area (Å²) in [5, 5.41) is 4.10. The van der Waals surface area contributed by atoms with Gasteiger partial charge in [-0.15, -0.1) is 0 Å². The Morgan fingerprint density at radius 3 is 2.63 bits per heavy atom. The van der Waals surface area contributed by atoms with E-state index in [1.807, 2.05) is 4.90 Å². The van der Waals surface area contributed by atoms with Crippen molar-refractivity contribution in [3.63, 3.8) is 0 Å². The molecule has 2 aliphatic heterocycles. The van der Waals surface area contributed by atoms with Gasteiger partial charge in [0.2, 0.25) is 5.76 Å². The zero-order valence-electron chi connectivity index (χ0n) is 15.5. The third-order valence-electron chi connectivity index (χ3n) is 6.51. The third kappa shape index (κ3) is 2.92. The summed E-state index contributed by atoms with van der Waals surface area (Å²) in [6.45, 7) is 4.50. The second kappa shape index (κ2) is 6.68. The molecular formula is C21H25N3O3. The van der Waals surface area contributed by atoms with E-state index in [9.17, 15) is 4.79 Å². The molecule has 1 aliphatic carbocycles. The van der Waals surface area contributed by atoms with Crippen LogP contribution in [0.1, 0.15) is 40.9 Å². The van der Waals surface area contributed by atoms with E-state index in [-0.39, 0.29) is 11.3 Å². The second-order valence-corrected chi connectivity index (χ2v) is 7.88. The molecule has 6 heteroatoms. The number of hydrogen-bond donors (Lipinski definition) is 0. The van der Waals surface area contributed by atoms with Crippen molar-refractivity contribution in [2.45, 2.75) is 31.1 Å². The topological polar surface area (TPSA) is 58.8 Å². The van der Waals surface area contributed by atoms with Crippen LogP contribution in [-0.4, -0.2) is 55.4 Å². The maximum Gasteiger partial charge on any atom is 0.292 e. The minimum absolute atomic E-state index is 0.0388. The van der Waals surface area contributed by atoms with Gasteiger partial charge in [0.25, 0.3) is 5.91 Å². The molecule has 2 aromatic rings. The lowest BCUT2D eigenvalue weighted by atomic mass is 9.74. The first-order valence-electron chi connectivity index (χ1n) is 9.92. The van der Waals surface area contributed by atoms with E-state index in [1.165, 1.54) is 17.5 Å². The predicted molar refractivity (Wildman–Crippen MR) is 101 cm³/mol. The number of carbonyl (C=O) groups excluding carboxylic acids is 1. The summed E-state index contributed by atoms with van der Waals surface area (Å²) in [7, 11) is 0. The predicted octanol–water partition coefficient (Wildman–Crippen LogP) is 2.63. The van der Waals surface area contributed by atoms with Crippen LogP contribution >= 0.6 is 0 Å². The highest BCUT2D eigenvalue weighted by Gasteiger charge is 2.42. The Morgan fingerprint density at radius 1 is 1.04 bits per heavy atom. The number of likely N-dealkylation sites (tertiary alicyclic amines) is 1. The highest BCUT2D eigenvalue weighted by molar-refractivity contribution is 5.92. The Hall–Kier alpha value is -2.34. The van der Waals surface area contributed by atoms with Crippen LogP contribution < -0.4 is 4.90 Å². The SMILES string of the molecule is O=C(c1cc(N2CCOCC2)no1)N1CCC2(CCc3ccccc32)CC1. The van der Waals surface area contributed by atoms with Crippen molar-refractivity contribution in [2.24, 2.45) is 0 Å². The van der Waals surface area contributed by atoms with Gasteiger partial charge in [-0.25, -0.2) is 0 Å². The van der Waals surface area contributed by atoms with Gasteiger partial charge >= 0.3 is 0 Å². The number of aromatic nitrogens is 1. The number of anilines is 1. The molecule has 0 bridgehead atoms. The highest BCUT2D eigenvalue weighted by Crippen LogP contribution is 2.46. The van der Waals surface area contributed by atoms with Gasteiger partial charge in [0, 0.05) is 32.2 Å². The third-order valence-corrected chi connectivity index (χ3v) is 6.51. The molecule has 0 saturated carbocycles. The number of aryl methyl sites for hydroxylation is 1. The molecule has 0 radical (unpaired) electrons. The van der Waals surface area contributed by atoms with Crippen molar-refractivity contribution in [3.05, 3.63) is 47.2 Å². The molecule has 27 heavy (non-hydrogen) atoms. The maximum absolute atomic E-state index is 12.9. The van der Waals surface area contributed by atoms with Gasteiger partial charge in [0.15, 0.2) is 5.82 Å². The van der Waals surface area contributed by atoms with Gasteiger partial charge in [-0.05, 0) is 42.2 Å². The largest absolute Gasteiger partial charge is 0.378 e. The molecule has 3 aliphatic rings. The van der Waals surface area contributed by atoms with Crippen molar-refractivity contribution in [2.75, 3.05) is 44.3 Å². The van der Waals surface area contributed by atoms with Gasteiger partial charge < -0.3 is 19.1 Å². The maximum atomic E-state index is 12.9. The van der Waals surface area contributed by atoms with Crippen LogP contribution in [0.15, 0.2) is 34.9 Å². The molecule has 142 valence electrons. The molecule has 1 aromatic heterocycles. The second-order valence-electron chi connectivity index (χ2n) is 7.88. The first-order chi connectivity index (χ1) is 13.3. The first-order valence-corrected chi connectivity index (χ1v) is 9.92. The van der Waals surface area contributed by atoms with Crippen LogP contribution in [0.3, 0.4) is 0 Å². The summed E-state index contributed by atoms with van der Waals surface area (Å²) in [5.74, 6) is 1.04. The lowest BCUT2D eigenvalue weighted by Crippen LogP contribution is -2.44. The number of nitrogens with zero attached hydrogens (tertiary/aromatic N) is 3. The lowest BCUT2D eigenvalue weighted by Gasteiger charge is -2.39. The van der Waals surface area contributed by atoms with E-state index in [4.69, 9.17) is 9.26 Å². The monoisotopic (exact) mass is 367 g/mol. The summed E-state index contributed by atoms with van der Waals surface area (Å²) in [6.07, 6.45) is 4.42. The summed E-state index contributed by atoms with van der Waals surface area (Å²) in [5.41, 5.74) is 3.25. The number of morpholine rings is 1. The Bertz CT molecular complexity index is 833. The number of hydrogen-bond acceptors (Lipinski definition) is 5. The molecule has 1 spiro atoms. The Labute approximate surface area is 159 Å². The quantitative estimate of drug-likeness (QED) is 0.817.